The molecule has 4 heteroatoms. The molecule has 2 rings (SSSR count). The van der Waals surface area contributed by atoms with E-state index in [0.29, 0.717) is 13.2 Å². The van der Waals surface area contributed by atoms with Crippen molar-refractivity contribution in [3.63, 3.8) is 0 Å². The number of nitrogens with one attached hydrogen (secondary N) is 1. The Balaban J connectivity index is 2.05. The fourth-order valence-corrected chi connectivity index (χ4v) is 2.38. The van der Waals surface area contributed by atoms with Gasteiger partial charge in [-0.05, 0) is 62.6 Å². The highest BCUT2D eigenvalue weighted by molar-refractivity contribution is 6.30. The maximum absolute atomic E-state index is 5.95. The van der Waals surface area contributed by atoms with Crippen molar-refractivity contribution in [3.05, 3.63) is 58.6 Å². The maximum atomic E-state index is 5.95. The molecule has 0 spiro atoms. The van der Waals surface area contributed by atoms with Gasteiger partial charge in [0.25, 0.3) is 0 Å². The second-order valence-electron chi connectivity index (χ2n) is 6.72. The molecule has 0 unspecified atom stereocenters. The SMILES string of the molecule is CCOc1cc(CNC(C)(C)CC)ccc1OCc1ccc(Cl)cc1. The van der Waals surface area contributed by atoms with Crippen LogP contribution in [0.2, 0.25) is 5.02 Å². The zero-order valence-electron chi connectivity index (χ0n) is 15.6. The third-order valence-corrected chi connectivity index (χ3v) is 4.52. The van der Waals surface area contributed by atoms with E-state index in [9.17, 15) is 0 Å². The first-order valence-corrected chi connectivity index (χ1v) is 9.19. The van der Waals surface area contributed by atoms with Crippen LogP contribution in [-0.4, -0.2) is 12.1 Å². The lowest BCUT2D eigenvalue weighted by atomic mass is 10.0. The van der Waals surface area contributed by atoms with Gasteiger partial charge in [0.05, 0.1) is 6.61 Å². The minimum absolute atomic E-state index is 0.121. The molecule has 0 aliphatic rings. The van der Waals surface area contributed by atoms with Crippen LogP contribution in [-0.2, 0) is 13.2 Å². The van der Waals surface area contributed by atoms with Crippen LogP contribution in [0.15, 0.2) is 42.5 Å². The van der Waals surface area contributed by atoms with Gasteiger partial charge >= 0.3 is 0 Å². The van der Waals surface area contributed by atoms with Gasteiger partial charge in [-0.3, -0.25) is 0 Å². The van der Waals surface area contributed by atoms with E-state index in [1.165, 1.54) is 5.56 Å². The molecule has 0 saturated heterocycles. The Kier molecular flexibility index (Phi) is 7.15. The molecule has 0 bridgehead atoms. The minimum atomic E-state index is 0.121. The van der Waals surface area contributed by atoms with Crippen molar-refractivity contribution >= 4 is 11.6 Å². The van der Waals surface area contributed by atoms with E-state index < -0.39 is 0 Å². The Hall–Kier alpha value is -1.71. The van der Waals surface area contributed by atoms with E-state index in [4.69, 9.17) is 21.1 Å². The van der Waals surface area contributed by atoms with E-state index in [-0.39, 0.29) is 5.54 Å². The van der Waals surface area contributed by atoms with Crippen LogP contribution in [0.1, 0.15) is 45.2 Å². The summed E-state index contributed by atoms with van der Waals surface area (Å²) in [5, 5.41) is 4.30. The highest BCUT2D eigenvalue weighted by atomic mass is 35.5. The second kappa shape index (κ2) is 9.12. The average Bonchev–Trinajstić information content (AvgIpc) is 2.61. The third kappa shape index (κ3) is 6.26. The number of hydrogen-bond donors (Lipinski definition) is 1. The van der Waals surface area contributed by atoms with Crippen molar-refractivity contribution in [2.24, 2.45) is 0 Å². The highest BCUT2D eigenvalue weighted by Crippen LogP contribution is 2.29. The first kappa shape index (κ1) is 19.6. The van der Waals surface area contributed by atoms with Crippen LogP contribution in [0.4, 0.5) is 0 Å². The molecular formula is C21H28ClNO2. The van der Waals surface area contributed by atoms with Gasteiger partial charge in [0.15, 0.2) is 11.5 Å². The molecule has 2 aromatic rings. The van der Waals surface area contributed by atoms with Crippen LogP contribution in [0.3, 0.4) is 0 Å². The Morgan fingerprint density at radius 1 is 0.920 bits per heavy atom. The van der Waals surface area contributed by atoms with E-state index in [0.717, 1.165) is 35.1 Å². The molecule has 3 nitrogen and oxygen atoms in total. The number of hydrogen-bond acceptors (Lipinski definition) is 3. The summed E-state index contributed by atoms with van der Waals surface area (Å²) >= 11 is 5.92. The standard InChI is InChI=1S/C21H28ClNO2/c1-5-21(3,4)23-14-17-9-12-19(20(13-17)24-6-2)25-15-16-7-10-18(22)11-8-16/h7-13,23H,5-6,14-15H2,1-4H3. The lowest BCUT2D eigenvalue weighted by Crippen LogP contribution is -2.37. The van der Waals surface area contributed by atoms with E-state index in [1.807, 2.05) is 37.3 Å². The van der Waals surface area contributed by atoms with Crippen LogP contribution in [0, 0.1) is 0 Å². The Labute approximate surface area is 156 Å². The molecule has 0 heterocycles. The summed E-state index contributed by atoms with van der Waals surface area (Å²) in [5.41, 5.74) is 2.38. The zero-order valence-corrected chi connectivity index (χ0v) is 16.3. The van der Waals surface area contributed by atoms with Crippen molar-refractivity contribution in [2.45, 2.75) is 52.8 Å². The van der Waals surface area contributed by atoms with Crippen molar-refractivity contribution in [1.29, 1.82) is 0 Å². The minimum Gasteiger partial charge on any atom is -0.490 e. The summed E-state index contributed by atoms with van der Waals surface area (Å²) in [4.78, 5) is 0. The van der Waals surface area contributed by atoms with E-state index >= 15 is 0 Å². The molecule has 0 aliphatic heterocycles. The summed E-state index contributed by atoms with van der Waals surface area (Å²) in [6, 6.07) is 13.8. The first-order chi connectivity index (χ1) is 11.9. The number of benzene rings is 2. The van der Waals surface area contributed by atoms with Crippen LogP contribution >= 0.6 is 11.6 Å². The van der Waals surface area contributed by atoms with Crippen molar-refractivity contribution in [3.8, 4) is 11.5 Å². The lowest BCUT2D eigenvalue weighted by Gasteiger charge is -2.25. The molecule has 136 valence electrons. The van der Waals surface area contributed by atoms with Crippen LogP contribution < -0.4 is 14.8 Å². The molecule has 0 fully saturated rings. The number of rotatable bonds is 9. The Morgan fingerprint density at radius 3 is 2.24 bits per heavy atom. The first-order valence-electron chi connectivity index (χ1n) is 8.81. The van der Waals surface area contributed by atoms with E-state index in [1.54, 1.807) is 0 Å². The summed E-state index contributed by atoms with van der Waals surface area (Å²) in [6.07, 6.45) is 1.08. The van der Waals surface area contributed by atoms with Crippen molar-refractivity contribution in [2.75, 3.05) is 6.61 Å². The summed E-state index contributed by atoms with van der Waals surface area (Å²) in [7, 11) is 0. The molecule has 0 amide bonds. The number of ether oxygens (including phenoxy) is 2. The van der Waals surface area contributed by atoms with Gasteiger partial charge in [-0.1, -0.05) is 36.7 Å². The van der Waals surface area contributed by atoms with Gasteiger partial charge in [0.2, 0.25) is 0 Å². The molecule has 0 aromatic heterocycles. The molecule has 2 aromatic carbocycles. The van der Waals surface area contributed by atoms with Crippen LogP contribution in [0.5, 0.6) is 11.5 Å². The Bertz CT molecular complexity index is 668. The monoisotopic (exact) mass is 361 g/mol. The normalized spacial score (nSPS) is 11.4. The predicted molar refractivity (Wildman–Crippen MR) is 105 cm³/mol. The molecule has 0 aliphatic carbocycles. The average molecular weight is 362 g/mol. The molecule has 0 atom stereocenters. The third-order valence-electron chi connectivity index (χ3n) is 4.27. The fourth-order valence-electron chi connectivity index (χ4n) is 2.26. The van der Waals surface area contributed by atoms with E-state index in [2.05, 4.69) is 38.2 Å². The second-order valence-corrected chi connectivity index (χ2v) is 7.16. The van der Waals surface area contributed by atoms with Crippen molar-refractivity contribution in [1.82, 2.24) is 5.32 Å². The van der Waals surface area contributed by atoms with Gasteiger partial charge in [0.1, 0.15) is 6.61 Å². The predicted octanol–water partition coefficient (Wildman–Crippen LogP) is 5.60. The molecule has 0 saturated carbocycles. The highest BCUT2D eigenvalue weighted by Gasteiger charge is 2.14. The fraction of sp³-hybridized carbons (Fsp3) is 0.429. The lowest BCUT2D eigenvalue weighted by molar-refractivity contribution is 0.269. The van der Waals surface area contributed by atoms with Gasteiger partial charge < -0.3 is 14.8 Å². The van der Waals surface area contributed by atoms with Gasteiger partial charge in [-0.15, -0.1) is 0 Å². The van der Waals surface area contributed by atoms with Crippen LogP contribution in [0.25, 0.3) is 0 Å². The summed E-state index contributed by atoms with van der Waals surface area (Å²) < 4.78 is 11.7. The zero-order chi connectivity index (χ0) is 18.3. The summed E-state index contributed by atoms with van der Waals surface area (Å²) in [6.45, 7) is 10.5. The van der Waals surface area contributed by atoms with Gasteiger partial charge in [-0.2, -0.15) is 0 Å². The quantitative estimate of drug-likeness (QED) is 0.631. The largest absolute Gasteiger partial charge is 0.490 e. The number of halogens is 1. The van der Waals surface area contributed by atoms with Gasteiger partial charge in [0, 0.05) is 17.1 Å². The molecular weight excluding hydrogens is 334 g/mol. The Morgan fingerprint density at radius 2 is 1.60 bits per heavy atom. The summed E-state index contributed by atoms with van der Waals surface area (Å²) in [5.74, 6) is 1.54. The molecule has 1 N–H and O–H groups in total. The van der Waals surface area contributed by atoms with Crippen molar-refractivity contribution < 1.29 is 9.47 Å². The maximum Gasteiger partial charge on any atom is 0.161 e. The van der Waals surface area contributed by atoms with Gasteiger partial charge in [-0.25, -0.2) is 0 Å². The topological polar surface area (TPSA) is 30.5 Å². The smallest absolute Gasteiger partial charge is 0.161 e. The molecule has 0 radical (unpaired) electrons. The molecule has 25 heavy (non-hydrogen) atoms.